The van der Waals surface area contributed by atoms with E-state index in [1.165, 1.54) is 0 Å². The zero-order chi connectivity index (χ0) is 12.0. The van der Waals surface area contributed by atoms with Gasteiger partial charge < -0.3 is 9.47 Å². The number of rotatable bonds is 6. The molecule has 0 atom stereocenters. The Kier molecular flexibility index (Phi) is 5.04. The van der Waals surface area contributed by atoms with Crippen molar-refractivity contribution in [3.05, 3.63) is 23.3 Å². The first kappa shape index (κ1) is 12.8. The number of benzene rings is 1. The predicted octanol–water partition coefficient (Wildman–Crippen LogP) is 0.523. The highest BCUT2D eigenvalue weighted by molar-refractivity contribution is 5.46. The normalized spacial score (nSPS) is 10.2. The second-order valence-corrected chi connectivity index (χ2v) is 3.44. The Labute approximate surface area is 95.9 Å². The van der Waals surface area contributed by atoms with Crippen LogP contribution in [0.2, 0.25) is 0 Å². The number of ether oxygens (including phenoxy) is 2. The number of nitrogens with one attached hydrogen (secondary N) is 2. The van der Waals surface area contributed by atoms with Crippen LogP contribution in [-0.2, 0) is 6.54 Å². The summed E-state index contributed by atoms with van der Waals surface area (Å²) in [6.07, 6.45) is 0. The molecule has 0 spiro atoms. The maximum Gasteiger partial charge on any atom is 0.161 e. The Morgan fingerprint density at radius 3 is 2.38 bits per heavy atom. The number of hydrogen-bond donors (Lipinski definition) is 3. The Morgan fingerprint density at radius 1 is 1.19 bits per heavy atom. The van der Waals surface area contributed by atoms with Gasteiger partial charge in [0.25, 0.3) is 0 Å². The Balaban J connectivity index is 2.84. The highest BCUT2D eigenvalue weighted by Crippen LogP contribution is 2.30. The zero-order valence-electron chi connectivity index (χ0n) is 9.96. The molecule has 0 fully saturated rings. The molecule has 1 aromatic rings. The van der Waals surface area contributed by atoms with Gasteiger partial charge in [0.1, 0.15) is 0 Å². The lowest BCUT2D eigenvalue weighted by Gasteiger charge is -2.13. The fourth-order valence-electron chi connectivity index (χ4n) is 1.48. The predicted molar refractivity (Wildman–Crippen MR) is 63.3 cm³/mol. The zero-order valence-corrected chi connectivity index (χ0v) is 9.96. The number of methoxy groups -OCH3 is 2. The van der Waals surface area contributed by atoms with E-state index in [1.54, 1.807) is 14.2 Å². The molecule has 90 valence electrons. The second kappa shape index (κ2) is 6.32. The van der Waals surface area contributed by atoms with E-state index in [4.69, 9.17) is 15.3 Å². The van der Waals surface area contributed by atoms with Gasteiger partial charge in [0.2, 0.25) is 0 Å². The van der Waals surface area contributed by atoms with Gasteiger partial charge in [-0.25, -0.2) is 5.43 Å². The van der Waals surface area contributed by atoms with Crippen LogP contribution in [0.15, 0.2) is 12.1 Å². The Hall–Kier alpha value is -1.30. The molecule has 0 aromatic heterocycles. The molecule has 0 aliphatic carbocycles. The van der Waals surface area contributed by atoms with Crippen molar-refractivity contribution in [2.45, 2.75) is 13.5 Å². The van der Waals surface area contributed by atoms with Crippen molar-refractivity contribution in [3.63, 3.8) is 0 Å². The molecule has 0 saturated carbocycles. The molecule has 1 aromatic carbocycles. The van der Waals surface area contributed by atoms with Crippen molar-refractivity contribution in [1.82, 2.24) is 10.7 Å². The van der Waals surface area contributed by atoms with Crippen LogP contribution in [-0.4, -0.2) is 20.9 Å². The van der Waals surface area contributed by atoms with Crippen molar-refractivity contribution in [2.24, 2.45) is 5.84 Å². The molecular weight excluding hydrogens is 206 g/mol. The minimum Gasteiger partial charge on any atom is -0.493 e. The molecule has 1 rings (SSSR count). The standard InChI is InChI=1S/C11H19N3O2/c1-8-4-10(15-2)11(16-3)5-9(8)6-13-7-14-12/h4-5,13-14H,6-7,12H2,1-3H3. The van der Waals surface area contributed by atoms with Gasteiger partial charge in [0.15, 0.2) is 11.5 Å². The Bertz CT molecular complexity index is 342. The van der Waals surface area contributed by atoms with Gasteiger partial charge >= 0.3 is 0 Å². The van der Waals surface area contributed by atoms with E-state index in [1.807, 2.05) is 19.1 Å². The summed E-state index contributed by atoms with van der Waals surface area (Å²) in [5.74, 6) is 6.67. The lowest BCUT2D eigenvalue weighted by atomic mass is 10.1. The van der Waals surface area contributed by atoms with E-state index in [0.29, 0.717) is 6.67 Å². The average Bonchev–Trinajstić information content (AvgIpc) is 2.31. The molecule has 0 saturated heterocycles. The first-order valence-corrected chi connectivity index (χ1v) is 5.08. The molecule has 0 radical (unpaired) electrons. The second-order valence-electron chi connectivity index (χ2n) is 3.44. The lowest BCUT2D eigenvalue weighted by molar-refractivity contribution is 0.354. The van der Waals surface area contributed by atoms with Crippen LogP contribution < -0.4 is 26.1 Å². The lowest BCUT2D eigenvalue weighted by Crippen LogP contribution is -2.33. The summed E-state index contributed by atoms with van der Waals surface area (Å²) < 4.78 is 10.5. The molecule has 5 heteroatoms. The smallest absolute Gasteiger partial charge is 0.161 e. The fraction of sp³-hybridized carbons (Fsp3) is 0.455. The van der Waals surface area contributed by atoms with Gasteiger partial charge in [-0.15, -0.1) is 0 Å². The highest BCUT2D eigenvalue weighted by Gasteiger charge is 2.07. The van der Waals surface area contributed by atoms with E-state index in [0.717, 1.165) is 29.2 Å². The molecule has 0 heterocycles. The highest BCUT2D eigenvalue weighted by atomic mass is 16.5. The largest absolute Gasteiger partial charge is 0.493 e. The molecule has 0 aliphatic heterocycles. The molecule has 4 N–H and O–H groups in total. The van der Waals surface area contributed by atoms with Crippen molar-refractivity contribution in [1.29, 1.82) is 0 Å². The maximum absolute atomic E-state index is 5.25. The molecular formula is C11H19N3O2. The van der Waals surface area contributed by atoms with Gasteiger partial charge in [-0.2, -0.15) is 0 Å². The summed E-state index contributed by atoms with van der Waals surface area (Å²) in [7, 11) is 3.26. The van der Waals surface area contributed by atoms with Crippen LogP contribution >= 0.6 is 0 Å². The summed E-state index contributed by atoms with van der Waals surface area (Å²) in [6.45, 7) is 3.33. The van der Waals surface area contributed by atoms with Crippen molar-refractivity contribution >= 4 is 0 Å². The Morgan fingerprint density at radius 2 is 1.81 bits per heavy atom. The number of nitrogens with two attached hydrogens (primary N) is 1. The van der Waals surface area contributed by atoms with Gasteiger partial charge in [-0.05, 0) is 30.2 Å². The summed E-state index contributed by atoms with van der Waals surface area (Å²) in [4.78, 5) is 0. The maximum atomic E-state index is 5.25. The van der Waals surface area contributed by atoms with Crippen molar-refractivity contribution < 1.29 is 9.47 Å². The third-order valence-corrected chi connectivity index (χ3v) is 2.38. The SMILES string of the molecule is COc1cc(C)c(CNCNN)cc1OC. The van der Waals surface area contributed by atoms with Gasteiger partial charge in [0.05, 0.1) is 20.9 Å². The van der Waals surface area contributed by atoms with E-state index in [-0.39, 0.29) is 0 Å². The monoisotopic (exact) mass is 225 g/mol. The number of aryl methyl sites for hydroxylation is 1. The van der Waals surface area contributed by atoms with Crippen LogP contribution in [0, 0.1) is 6.92 Å². The molecule has 0 aliphatic rings. The van der Waals surface area contributed by atoms with Crippen LogP contribution in [0.4, 0.5) is 0 Å². The van der Waals surface area contributed by atoms with E-state index in [2.05, 4.69) is 10.7 Å². The van der Waals surface area contributed by atoms with Crippen LogP contribution in [0.25, 0.3) is 0 Å². The van der Waals surface area contributed by atoms with Crippen LogP contribution in [0.1, 0.15) is 11.1 Å². The van der Waals surface area contributed by atoms with Crippen LogP contribution in [0.5, 0.6) is 11.5 Å². The fourth-order valence-corrected chi connectivity index (χ4v) is 1.48. The quantitative estimate of drug-likeness (QED) is 0.285. The topological polar surface area (TPSA) is 68.5 Å². The first-order valence-electron chi connectivity index (χ1n) is 5.08. The van der Waals surface area contributed by atoms with Gasteiger partial charge in [-0.1, -0.05) is 0 Å². The third kappa shape index (κ3) is 3.10. The first-order chi connectivity index (χ1) is 7.72. The van der Waals surface area contributed by atoms with Crippen LogP contribution in [0.3, 0.4) is 0 Å². The summed E-state index contributed by atoms with van der Waals surface area (Å²) in [5.41, 5.74) is 4.86. The summed E-state index contributed by atoms with van der Waals surface area (Å²) >= 11 is 0. The van der Waals surface area contributed by atoms with Crippen molar-refractivity contribution in [2.75, 3.05) is 20.9 Å². The minimum atomic E-state index is 0.563. The minimum absolute atomic E-state index is 0.563. The molecule has 0 unspecified atom stereocenters. The van der Waals surface area contributed by atoms with E-state index >= 15 is 0 Å². The van der Waals surface area contributed by atoms with Crippen molar-refractivity contribution in [3.8, 4) is 11.5 Å². The summed E-state index contributed by atoms with van der Waals surface area (Å²) in [6, 6.07) is 3.93. The van der Waals surface area contributed by atoms with E-state index < -0.39 is 0 Å². The van der Waals surface area contributed by atoms with E-state index in [9.17, 15) is 0 Å². The molecule has 0 bridgehead atoms. The molecule has 0 amide bonds. The third-order valence-electron chi connectivity index (χ3n) is 2.38. The number of hydrazine groups is 1. The van der Waals surface area contributed by atoms with Gasteiger partial charge in [0, 0.05) is 6.54 Å². The molecule has 5 nitrogen and oxygen atoms in total. The summed E-state index contributed by atoms with van der Waals surface area (Å²) in [5, 5.41) is 3.15. The van der Waals surface area contributed by atoms with Gasteiger partial charge in [-0.3, -0.25) is 11.2 Å². The number of hydrogen-bond acceptors (Lipinski definition) is 5. The molecule has 16 heavy (non-hydrogen) atoms. The average molecular weight is 225 g/mol.